The Bertz CT molecular complexity index is 278. The first-order valence-electron chi connectivity index (χ1n) is 4.97. The summed E-state index contributed by atoms with van der Waals surface area (Å²) in [4.78, 5) is 11.6. The fourth-order valence-electron chi connectivity index (χ4n) is 3.36. The lowest BCUT2D eigenvalue weighted by molar-refractivity contribution is -0.130. The van der Waals surface area contributed by atoms with Gasteiger partial charge in [-0.25, -0.2) is 0 Å². The second kappa shape index (κ2) is 2.00. The zero-order valence-corrected chi connectivity index (χ0v) is 8.85. The summed E-state index contributed by atoms with van der Waals surface area (Å²) in [6.07, 6.45) is 1.20. The number of Topliss-reactive ketones (excluding diaryl/α,β-unsaturated/α-hetero) is 1. The Morgan fingerprint density at radius 3 is 2.08 bits per heavy atom. The van der Waals surface area contributed by atoms with E-state index in [0.717, 1.165) is 0 Å². The Hall–Kier alpha value is -0.370. The van der Waals surface area contributed by atoms with E-state index in [4.69, 9.17) is 0 Å². The van der Waals surface area contributed by atoms with Gasteiger partial charge in [0.15, 0.2) is 0 Å². The van der Waals surface area contributed by atoms with Gasteiger partial charge in [0.25, 0.3) is 0 Å². The molecular weight excluding hydrogens is 164 g/mol. The topological polar surface area (TPSA) is 37.3 Å². The van der Waals surface area contributed by atoms with Crippen molar-refractivity contribution in [3.8, 4) is 0 Å². The number of hydrogen-bond donors (Lipinski definition) is 1. The van der Waals surface area contributed by atoms with Gasteiger partial charge >= 0.3 is 0 Å². The maximum atomic E-state index is 11.6. The fraction of sp³-hybridized carbons (Fsp3) is 0.909. The molecule has 0 saturated heterocycles. The number of hydrogen-bond acceptors (Lipinski definition) is 2. The molecule has 3 atom stereocenters. The standard InChI is InChI=1S/C11H18O2/c1-9(2)7-5-11(4,13)10(9,3)6-8(7)12/h7,13H,5-6H2,1-4H3/t7-,10-,11+/m0/s1. The summed E-state index contributed by atoms with van der Waals surface area (Å²) < 4.78 is 0. The van der Waals surface area contributed by atoms with Crippen LogP contribution in [-0.2, 0) is 4.79 Å². The molecule has 2 aliphatic carbocycles. The molecule has 0 radical (unpaired) electrons. The molecule has 0 aromatic carbocycles. The van der Waals surface area contributed by atoms with Crippen LogP contribution in [0.3, 0.4) is 0 Å². The molecule has 2 fully saturated rings. The van der Waals surface area contributed by atoms with Gasteiger partial charge in [-0.3, -0.25) is 4.79 Å². The highest BCUT2D eigenvalue weighted by Crippen LogP contribution is 2.67. The van der Waals surface area contributed by atoms with Crippen LogP contribution in [0.5, 0.6) is 0 Å². The molecule has 1 N–H and O–H groups in total. The van der Waals surface area contributed by atoms with Crippen molar-refractivity contribution in [1.82, 2.24) is 0 Å². The quantitative estimate of drug-likeness (QED) is 0.620. The lowest BCUT2D eigenvalue weighted by Gasteiger charge is -2.42. The van der Waals surface area contributed by atoms with E-state index in [0.29, 0.717) is 18.6 Å². The minimum absolute atomic E-state index is 0.0341. The number of aliphatic hydroxyl groups is 1. The van der Waals surface area contributed by atoms with E-state index in [1.165, 1.54) is 0 Å². The molecule has 0 aromatic rings. The predicted octanol–water partition coefficient (Wildman–Crippen LogP) is 1.76. The van der Waals surface area contributed by atoms with E-state index in [2.05, 4.69) is 20.8 Å². The van der Waals surface area contributed by atoms with Crippen molar-refractivity contribution in [2.45, 2.75) is 46.1 Å². The zero-order chi connectivity index (χ0) is 10.1. The molecule has 0 aliphatic heterocycles. The van der Waals surface area contributed by atoms with Gasteiger partial charge in [0.2, 0.25) is 0 Å². The van der Waals surface area contributed by atoms with Crippen molar-refractivity contribution in [1.29, 1.82) is 0 Å². The van der Waals surface area contributed by atoms with Crippen molar-refractivity contribution in [3.63, 3.8) is 0 Å². The summed E-state index contributed by atoms with van der Waals surface area (Å²) in [5.74, 6) is 0.423. The van der Waals surface area contributed by atoms with Crippen molar-refractivity contribution >= 4 is 5.78 Å². The molecule has 0 unspecified atom stereocenters. The summed E-state index contributed by atoms with van der Waals surface area (Å²) in [6, 6.07) is 0. The first-order valence-corrected chi connectivity index (χ1v) is 4.97. The smallest absolute Gasteiger partial charge is 0.137 e. The number of ketones is 1. The SMILES string of the molecule is CC1(C)[C@H]2C[C@@](C)(O)[C@@]1(C)CC2=O. The molecule has 0 spiro atoms. The second-order valence-electron chi connectivity index (χ2n) is 5.73. The van der Waals surface area contributed by atoms with Crippen LogP contribution in [0.2, 0.25) is 0 Å². The van der Waals surface area contributed by atoms with Crippen LogP contribution in [0.25, 0.3) is 0 Å². The summed E-state index contributed by atoms with van der Waals surface area (Å²) in [5.41, 5.74) is -0.912. The molecule has 2 saturated carbocycles. The zero-order valence-electron chi connectivity index (χ0n) is 8.85. The van der Waals surface area contributed by atoms with Crippen LogP contribution in [0, 0.1) is 16.7 Å². The van der Waals surface area contributed by atoms with Gasteiger partial charge < -0.3 is 5.11 Å². The first-order chi connectivity index (χ1) is 5.72. The fourth-order valence-corrected chi connectivity index (χ4v) is 3.36. The van der Waals surface area contributed by atoms with Crippen LogP contribution in [0.1, 0.15) is 40.5 Å². The van der Waals surface area contributed by atoms with Crippen molar-refractivity contribution in [2.24, 2.45) is 16.7 Å². The lowest BCUT2D eigenvalue weighted by atomic mass is 9.65. The average Bonchev–Trinajstić information content (AvgIpc) is 2.17. The van der Waals surface area contributed by atoms with Gasteiger partial charge in [0.1, 0.15) is 5.78 Å². The van der Waals surface area contributed by atoms with Gasteiger partial charge in [-0.2, -0.15) is 0 Å². The number of rotatable bonds is 0. The number of carbonyl (C=O) groups is 1. The van der Waals surface area contributed by atoms with Gasteiger partial charge in [0, 0.05) is 17.8 Å². The lowest BCUT2D eigenvalue weighted by Crippen LogP contribution is -2.45. The van der Waals surface area contributed by atoms with Gasteiger partial charge in [-0.05, 0) is 18.8 Å². The Balaban J connectivity index is 2.54. The largest absolute Gasteiger partial charge is 0.390 e. The maximum Gasteiger partial charge on any atom is 0.137 e. The Labute approximate surface area is 79.3 Å². The Morgan fingerprint density at radius 2 is 1.85 bits per heavy atom. The third-order valence-corrected chi connectivity index (χ3v) is 5.00. The molecule has 74 valence electrons. The van der Waals surface area contributed by atoms with Crippen LogP contribution in [0.4, 0.5) is 0 Å². The molecular formula is C11H18O2. The first kappa shape index (κ1) is 9.20. The minimum Gasteiger partial charge on any atom is -0.390 e. The molecule has 2 bridgehead atoms. The Morgan fingerprint density at radius 1 is 1.31 bits per heavy atom. The van der Waals surface area contributed by atoms with Crippen molar-refractivity contribution in [3.05, 3.63) is 0 Å². The van der Waals surface area contributed by atoms with Gasteiger partial charge in [0.05, 0.1) is 5.60 Å². The molecule has 2 aliphatic rings. The van der Waals surface area contributed by atoms with E-state index in [1.807, 2.05) is 6.92 Å². The third-order valence-electron chi connectivity index (χ3n) is 5.00. The summed E-state index contributed by atoms with van der Waals surface area (Å²) in [6.45, 7) is 8.16. The molecule has 2 nitrogen and oxygen atoms in total. The van der Waals surface area contributed by atoms with Crippen LogP contribution < -0.4 is 0 Å². The normalized spacial score (nSPS) is 53.0. The van der Waals surface area contributed by atoms with E-state index in [1.54, 1.807) is 0 Å². The second-order valence-corrected chi connectivity index (χ2v) is 5.73. The van der Waals surface area contributed by atoms with E-state index >= 15 is 0 Å². The number of fused-ring (bicyclic) bond motifs is 2. The van der Waals surface area contributed by atoms with Crippen molar-refractivity contribution < 1.29 is 9.90 Å². The summed E-state index contributed by atoms with van der Waals surface area (Å²) in [7, 11) is 0. The highest BCUT2D eigenvalue weighted by Gasteiger charge is 2.69. The molecule has 2 rings (SSSR count). The molecule has 2 heteroatoms. The highest BCUT2D eigenvalue weighted by atomic mass is 16.3. The highest BCUT2D eigenvalue weighted by molar-refractivity contribution is 5.87. The van der Waals surface area contributed by atoms with Crippen molar-refractivity contribution in [2.75, 3.05) is 0 Å². The Kier molecular flexibility index (Phi) is 1.42. The molecule has 0 amide bonds. The van der Waals surface area contributed by atoms with Crippen LogP contribution in [0.15, 0.2) is 0 Å². The van der Waals surface area contributed by atoms with E-state index < -0.39 is 5.60 Å². The van der Waals surface area contributed by atoms with Gasteiger partial charge in [-0.15, -0.1) is 0 Å². The summed E-state index contributed by atoms with van der Waals surface area (Å²) in [5, 5.41) is 10.2. The monoisotopic (exact) mass is 182 g/mol. The van der Waals surface area contributed by atoms with E-state index in [-0.39, 0.29) is 16.7 Å². The molecule has 0 heterocycles. The predicted molar refractivity (Wildman–Crippen MR) is 50.2 cm³/mol. The molecule has 0 aromatic heterocycles. The van der Waals surface area contributed by atoms with Crippen LogP contribution >= 0.6 is 0 Å². The third kappa shape index (κ3) is 0.762. The summed E-state index contributed by atoms with van der Waals surface area (Å²) >= 11 is 0. The maximum absolute atomic E-state index is 11.6. The van der Waals surface area contributed by atoms with Crippen LogP contribution in [-0.4, -0.2) is 16.5 Å². The van der Waals surface area contributed by atoms with Gasteiger partial charge in [-0.1, -0.05) is 20.8 Å². The minimum atomic E-state index is -0.658. The van der Waals surface area contributed by atoms with E-state index in [9.17, 15) is 9.90 Å². The molecule has 13 heavy (non-hydrogen) atoms. The average molecular weight is 182 g/mol. The number of carbonyl (C=O) groups excluding carboxylic acids is 1.